The van der Waals surface area contributed by atoms with Crippen molar-refractivity contribution in [2.24, 2.45) is 0 Å². The number of rotatable bonds is 4. The molecule has 1 atom stereocenters. The lowest BCUT2D eigenvalue weighted by Crippen LogP contribution is -2.08. The predicted molar refractivity (Wildman–Crippen MR) is 49.2 cm³/mol. The first-order valence-electron chi connectivity index (χ1n) is 3.84. The average molecular weight is 201 g/mol. The molecule has 0 aromatic carbocycles. The molecule has 13 heavy (non-hydrogen) atoms. The molecule has 5 heteroatoms. The highest BCUT2D eigenvalue weighted by Crippen LogP contribution is 2.12. The maximum absolute atomic E-state index is 10.5. The molecule has 4 nitrogen and oxygen atoms in total. The summed E-state index contributed by atoms with van der Waals surface area (Å²) in [4.78, 5) is 14.4. The summed E-state index contributed by atoms with van der Waals surface area (Å²) in [6.45, 7) is 1.92. The summed E-state index contributed by atoms with van der Waals surface area (Å²) in [6, 6.07) is 0. The van der Waals surface area contributed by atoms with Crippen LogP contribution in [0, 0.1) is 0 Å². The van der Waals surface area contributed by atoms with Crippen molar-refractivity contribution in [1.29, 1.82) is 0 Å². The minimum Gasteiger partial charge on any atom is -0.476 e. The minimum absolute atomic E-state index is 0.0767. The van der Waals surface area contributed by atoms with Gasteiger partial charge in [-0.1, -0.05) is 0 Å². The van der Waals surface area contributed by atoms with E-state index in [9.17, 15) is 4.79 Å². The fourth-order valence-electron chi connectivity index (χ4n) is 0.832. The van der Waals surface area contributed by atoms with Crippen LogP contribution in [0.3, 0.4) is 0 Å². The Labute approximate surface area is 80.2 Å². The summed E-state index contributed by atoms with van der Waals surface area (Å²) in [7, 11) is 1.62. The second-order valence-corrected chi connectivity index (χ2v) is 3.62. The van der Waals surface area contributed by atoms with Crippen molar-refractivity contribution in [1.82, 2.24) is 4.98 Å². The van der Waals surface area contributed by atoms with Gasteiger partial charge in [0.1, 0.15) is 0 Å². The highest BCUT2D eigenvalue weighted by Gasteiger charge is 2.10. The summed E-state index contributed by atoms with van der Waals surface area (Å²) in [5.41, 5.74) is 0.114. The van der Waals surface area contributed by atoms with E-state index in [4.69, 9.17) is 9.84 Å². The number of carbonyl (C=O) groups is 1. The van der Waals surface area contributed by atoms with Gasteiger partial charge in [0.15, 0.2) is 5.69 Å². The molecule has 1 aromatic rings. The Morgan fingerprint density at radius 1 is 1.85 bits per heavy atom. The van der Waals surface area contributed by atoms with Gasteiger partial charge < -0.3 is 9.84 Å². The number of carboxylic acid groups (broad SMARTS) is 1. The molecule has 0 amide bonds. The lowest BCUT2D eigenvalue weighted by molar-refractivity contribution is 0.0690. The molecule has 1 N–H and O–H groups in total. The number of hydrogen-bond acceptors (Lipinski definition) is 4. The number of aromatic carboxylic acids is 1. The maximum Gasteiger partial charge on any atom is 0.355 e. The van der Waals surface area contributed by atoms with Crippen molar-refractivity contribution < 1.29 is 14.6 Å². The van der Waals surface area contributed by atoms with Gasteiger partial charge in [0, 0.05) is 18.9 Å². The minimum atomic E-state index is -0.979. The van der Waals surface area contributed by atoms with Crippen molar-refractivity contribution in [2.45, 2.75) is 19.4 Å². The molecule has 0 saturated heterocycles. The molecular formula is C8H11NO3S. The van der Waals surface area contributed by atoms with Crippen LogP contribution in [-0.2, 0) is 11.2 Å². The Morgan fingerprint density at radius 3 is 3.00 bits per heavy atom. The third kappa shape index (κ3) is 2.78. The fourth-order valence-corrected chi connectivity index (χ4v) is 1.72. The van der Waals surface area contributed by atoms with Gasteiger partial charge >= 0.3 is 5.97 Å². The van der Waals surface area contributed by atoms with Gasteiger partial charge in [0.2, 0.25) is 0 Å². The first-order chi connectivity index (χ1) is 6.13. The topological polar surface area (TPSA) is 59.4 Å². The van der Waals surface area contributed by atoms with E-state index in [0.29, 0.717) is 6.42 Å². The van der Waals surface area contributed by atoms with E-state index in [0.717, 1.165) is 5.01 Å². The van der Waals surface area contributed by atoms with E-state index in [1.807, 2.05) is 6.92 Å². The Morgan fingerprint density at radius 2 is 2.54 bits per heavy atom. The van der Waals surface area contributed by atoms with Gasteiger partial charge in [-0.3, -0.25) is 0 Å². The molecule has 1 rings (SSSR count). The molecule has 0 aliphatic heterocycles. The number of hydrogen-bond donors (Lipinski definition) is 1. The molecule has 1 unspecified atom stereocenters. The smallest absolute Gasteiger partial charge is 0.355 e. The standard InChI is InChI=1S/C8H11NO3S/c1-5(12-2)3-7-9-6(4-13-7)8(10)11/h4-5H,3H2,1-2H3,(H,10,11). The van der Waals surface area contributed by atoms with Crippen LogP contribution >= 0.6 is 11.3 Å². The van der Waals surface area contributed by atoms with E-state index in [2.05, 4.69) is 4.98 Å². The Balaban J connectivity index is 2.64. The van der Waals surface area contributed by atoms with Crippen molar-refractivity contribution in [3.05, 3.63) is 16.1 Å². The SMILES string of the molecule is COC(C)Cc1nc(C(=O)O)cs1. The maximum atomic E-state index is 10.5. The summed E-state index contributed by atoms with van der Waals surface area (Å²) < 4.78 is 5.04. The number of aromatic nitrogens is 1. The number of thiazole rings is 1. The molecule has 1 heterocycles. The van der Waals surface area contributed by atoms with Gasteiger partial charge in [0.05, 0.1) is 11.1 Å². The van der Waals surface area contributed by atoms with E-state index >= 15 is 0 Å². The molecule has 0 spiro atoms. The third-order valence-corrected chi connectivity index (χ3v) is 2.51. The monoisotopic (exact) mass is 201 g/mol. The molecule has 0 aliphatic rings. The lowest BCUT2D eigenvalue weighted by Gasteiger charge is -2.05. The number of methoxy groups -OCH3 is 1. The van der Waals surface area contributed by atoms with Crippen LogP contribution in [0.15, 0.2) is 5.38 Å². The molecule has 0 aliphatic carbocycles. The zero-order chi connectivity index (χ0) is 9.84. The normalized spacial score (nSPS) is 12.8. The Kier molecular flexibility index (Phi) is 3.39. The molecule has 72 valence electrons. The lowest BCUT2D eigenvalue weighted by atomic mass is 10.3. The van der Waals surface area contributed by atoms with Crippen LogP contribution in [0.2, 0.25) is 0 Å². The van der Waals surface area contributed by atoms with Gasteiger partial charge in [-0.25, -0.2) is 9.78 Å². The Bertz CT molecular complexity index is 297. The highest BCUT2D eigenvalue weighted by molar-refractivity contribution is 7.09. The Hall–Kier alpha value is -0.940. The first kappa shape index (κ1) is 10.1. The van der Waals surface area contributed by atoms with Crippen LogP contribution in [-0.4, -0.2) is 29.3 Å². The average Bonchev–Trinajstić information content (AvgIpc) is 2.52. The van der Waals surface area contributed by atoms with E-state index < -0.39 is 5.97 Å². The number of carboxylic acids is 1. The van der Waals surface area contributed by atoms with Crippen molar-refractivity contribution in [3.8, 4) is 0 Å². The summed E-state index contributed by atoms with van der Waals surface area (Å²) in [5.74, 6) is -0.979. The van der Waals surface area contributed by atoms with E-state index in [1.54, 1.807) is 12.5 Å². The van der Waals surface area contributed by atoms with E-state index in [-0.39, 0.29) is 11.8 Å². The van der Waals surface area contributed by atoms with Crippen LogP contribution in [0.1, 0.15) is 22.4 Å². The molecule has 0 fully saturated rings. The second kappa shape index (κ2) is 4.34. The highest BCUT2D eigenvalue weighted by atomic mass is 32.1. The summed E-state index contributed by atoms with van der Waals surface area (Å²) in [6.07, 6.45) is 0.738. The zero-order valence-corrected chi connectivity index (χ0v) is 8.30. The quantitative estimate of drug-likeness (QED) is 0.800. The van der Waals surface area contributed by atoms with Crippen molar-refractivity contribution >= 4 is 17.3 Å². The van der Waals surface area contributed by atoms with Crippen molar-refractivity contribution in [2.75, 3.05) is 7.11 Å². The van der Waals surface area contributed by atoms with Crippen LogP contribution in [0.25, 0.3) is 0 Å². The summed E-state index contributed by atoms with van der Waals surface area (Å²) in [5, 5.41) is 10.9. The van der Waals surface area contributed by atoms with Gasteiger partial charge in [-0.05, 0) is 6.92 Å². The first-order valence-corrected chi connectivity index (χ1v) is 4.72. The van der Waals surface area contributed by atoms with Gasteiger partial charge in [-0.2, -0.15) is 0 Å². The second-order valence-electron chi connectivity index (χ2n) is 2.68. The summed E-state index contributed by atoms with van der Waals surface area (Å²) >= 11 is 1.35. The van der Waals surface area contributed by atoms with Gasteiger partial charge in [0.25, 0.3) is 0 Å². The number of ether oxygens (including phenoxy) is 1. The van der Waals surface area contributed by atoms with E-state index in [1.165, 1.54) is 11.3 Å². The van der Waals surface area contributed by atoms with Gasteiger partial charge in [-0.15, -0.1) is 11.3 Å². The third-order valence-electron chi connectivity index (χ3n) is 1.64. The molecule has 0 bridgehead atoms. The fraction of sp³-hybridized carbons (Fsp3) is 0.500. The molecule has 1 aromatic heterocycles. The van der Waals surface area contributed by atoms with Crippen molar-refractivity contribution in [3.63, 3.8) is 0 Å². The largest absolute Gasteiger partial charge is 0.476 e. The number of nitrogens with zero attached hydrogens (tertiary/aromatic N) is 1. The van der Waals surface area contributed by atoms with Crippen LogP contribution in [0.5, 0.6) is 0 Å². The zero-order valence-electron chi connectivity index (χ0n) is 7.48. The molecule has 0 saturated carbocycles. The van der Waals surface area contributed by atoms with Crippen LogP contribution in [0.4, 0.5) is 0 Å². The molecule has 0 radical (unpaired) electrons. The molecular weight excluding hydrogens is 190 g/mol. The van der Waals surface area contributed by atoms with Crippen LogP contribution < -0.4 is 0 Å². The predicted octanol–water partition coefficient (Wildman–Crippen LogP) is 1.42.